The zero-order valence-electron chi connectivity index (χ0n) is 13.2. The van der Waals surface area contributed by atoms with Crippen LogP contribution in [0.2, 0.25) is 0 Å². The SMILES string of the molecule is CC(C)Oc1cccc(C2C(CN)CCN2C(C)C)c1. The van der Waals surface area contributed by atoms with Crippen LogP contribution in [0.1, 0.15) is 45.7 Å². The Bertz CT molecular complexity index is 431. The zero-order valence-corrected chi connectivity index (χ0v) is 13.2. The smallest absolute Gasteiger partial charge is 0.120 e. The Balaban J connectivity index is 2.26. The number of benzene rings is 1. The van der Waals surface area contributed by atoms with Gasteiger partial charge in [-0.25, -0.2) is 0 Å². The molecule has 2 N–H and O–H groups in total. The molecule has 1 aliphatic rings. The highest BCUT2D eigenvalue weighted by atomic mass is 16.5. The van der Waals surface area contributed by atoms with Gasteiger partial charge < -0.3 is 10.5 Å². The first-order chi connectivity index (χ1) is 9.52. The molecule has 2 atom stereocenters. The molecule has 0 saturated carbocycles. The monoisotopic (exact) mass is 276 g/mol. The number of nitrogens with two attached hydrogens (primary N) is 1. The van der Waals surface area contributed by atoms with Crippen LogP contribution in [0.5, 0.6) is 5.75 Å². The Labute approximate surface area is 123 Å². The molecule has 0 amide bonds. The van der Waals surface area contributed by atoms with E-state index in [2.05, 4.69) is 50.8 Å². The second kappa shape index (κ2) is 6.59. The van der Waals surface area contributed by atoms with Crippen molar-refractivity contribution in [2.24, 2.45) is 11.7 Å². The lowest BCUT2D eigenvalue weighted by molar-refractivity contribution is 0.183. The second-order valence-corrected chi connectivity index (χ2v) is 6.30. The summed E-state index contributed by atoms with van der Waals surface area (Å²) in [6.07, 6.45) is 1.40. The predicted octanol–water partition coefficient (Wildman–Crippen LogP) is 3.20. The highest BCUT2D eigenvalue weighted by molar-refractivity contribution is 5.32. The van der Waals surface area contributed by atoms with Crippen molar-refractivity contribution < 1.29 is 4.74 Å². The van der Waals surface area contributed by atoms with E-state index in [9.17, 15) is 0 Å². The van der Waals surface area contributed by atoms with Gasteiger partial charge >= 0.3 is 0 Å². The molecule has 3 heteroatoms. The molecule has 0 radical (unpaired) electrons. The summed E-state index contributed by atoms with van der Waals surface area (Å²) in [4.78, 5) is 2.56. The van der Waals surface area contributed by atoms with Crippen LogP contribution in [0.3, 0.4) is 0 Å². The van der Waals surface area contributed by atoms with Gasteiger partial charge in [-0.15, -0.1) is 0 Å². The number of nitrogens with zero attached hydrogens (tertiary/aromatic N) is 1. The Hall–Kier alpha value is -1.06. The van der Waals surface area contributed by atoms with Crippen molar-refractivity contribution in [2.45, 2.75) is 52.3 Å². The van der Waals surface area contributed by atoms with Crippen LogP contribution in [-0.4, -0.2) is 30.1 Å². The van der Waals surface area contributed by atoms with Gasteiger partial charge in [0.2, 0.25) is 0 Å². The highest BCUT2D eigenvalue weighted by Crippen LogP contribution is 2.39. The molecule has 1 saturated heterocycles. The number of hydrogen-bond donors (Lipinski definition) is 1. The minimum Gasteiger partial charge on any atom is -0.491 e. The average Bonchev–Trinajstić information content (AvgIpc) is 2.82. The van der Waals surface area contributed by atoms with Crippen molar-refractivity contribution in [3.63, 3.8) is 0 Å². The predicted molar refractivity (Wildman–Crippen MR) is 84.0 cm³/mol. The number of hydrogen-bond acceptors (Lipinski definition) is 3. The first kappa shape index (κ1) is 15.3. The van der Waals surface area contributed by atoms with Crippen molar-refractivity contribution in [1.82, 2.24) is 4.90 Å². The topological polar surface area (TPSA) is 38.5 Å². The molecule has 1 aliphatic heterocycles. The molecule has 1 aromatic carbocycles. The molecule has 3 nitrogen and oxygen atoms in total. The third kappa shape index (κ3) is 3.33. The fraction of sp³-hybridized carbons (Fsp3) is 0.647. The molecule has 2 unspecified atom stereocenters. The van der Waals surface area contributed by atoms with Crippen molar-refractivity contribution in [2.75, 3.05) is 13.1 Å². The molecular formula is C17H28N2O. The summed E-state index contributed by atoms with van der Waals surface area (Å²) < 4.78 is 5.83. The summed E-state index contributed by atoms with van der Waals surface area (Å²) in [5.74, 6) is 1.51. The van der Waals surface area contributed by atoms with E-state index in [1.807, 2.05) is 6.07 Å². The van der Waals surface area contributed by atoms with Crippen LogP contribution < -0.4 is 10.5 Å². The zero-order chi connectivity index (χ0) is 14.7. The third-order valence-electron chi connectivity index (χ3n) is 4.10. The first-order valence-corrected chi connectivity index (χ1v) is 7.75. The van der Waals surface area contributed by atoms with E-state index in [4.69, 9.17) is 10.5 Å². The second-order valence-electron chi connectivity index (χ2n) is 6.30. The number of likely N-dealkylation sites (tertiary alicyclic amines) is 1. The largest absolute Gasteiger partial charge is 0.491 e. The van der Waals surface area contributed by atoms with E-state index < -0.39 is 0 Å². The van der Waals surface area contributed by atoms with E-state index in [0.29, 0.717) is 18.0 Å². The van der Waals surface area contributed by atoms with Gasteiger partial charge in [0, 0.05) is 12.1 Å². The Kier molecular flexibility index (Phi) is 5.06. The molecule has 0 aromatic heterocycles. The fourth-order valence-corrected chi connectivity index (χ4v) is 3.22. The van der Waals surface area contributed by atoms with Gasteiger partial charge in [0.05, 0.1) is 6.10 Å². The quantitative estimate of drug-likeness (QED) is 0.897. The third-order valence-corrected chi connectivity index (χ3v) is 4.10. The maximum Gasteiger partial charge on any atom is 0.120 e. The maximum atomic E-state index is 5.98. The summed E-state index contributed by atoms with van der Waals surface area (Å²) in [5.41, 5.74) is 7.32. The van der Waals surface area contributed by atoms with Gasteiger partial charge in [-0.3, -0.25) is 4.90 Å². The fourth-order valence-electron chi connectivity index (χ4n) is 3.22. The van der Waals surface area contributed by atoms with Gasteiger partial charge in [-0.05, 0) is 70.8 Å². The molecule has 0 aliphatic carbocycles. The van der Waals surface area contributed by atoms with Crippen molar-refractivity contribution >= 4 is 0 Å². The Morgan fingerprint density at radius 1 is 1.30 bits per heavy atom. The maximum absolute atomic E-state index is 5.98. The lowest BCUT2D eigenvalue weighted by Gasteiger charge is -2.31. The van der Waals surface area contributed by atoms with Crippen LogP contribution in [0.25, 0.3) is 0 Å². The summed E-state index contributed by atoms with van der Waals surface area (Å²) in [6, 6.07) is 9.50. The molecule has 0 bridgehead atoms. The summed E-state index contributed by atoms with van der Waals surface area (Å²) >= 11 is 0. The molecule has 112 valence electrons. The number of ether oxygens (including phenoxy) is 1. The van der Waals surface area contributed by atoms with Gasteiger partial charge in [0.1, 0.15) is 5.75 Å². The van der Waals surface area contributed by atoms with Crippen molar-refractivity contribution in [1.29, 1.82) is 0 Å². The lowest BCUT2D eigenvalue weighted by Crippen LogP contribution is -2.33. The average molecular weight is 276 g/mol. The lowest BCUT2D eigenvalue weighted by atomic mass is 9.93. The van der Waals surface area contributed by atoms with Crippen molar-refractivity contribution in [3.8, 4) is 5.75 Å². The van der Waals surface area contributed by atoms with Crippen LogP contribution >= 0.6 is 0 Å². The molecule has 1 heterocycles. The van der Waals surface area contributed by atoms with Crippen molar-refractivity contribution in [3.05, 3.63) is 29.8 Å². The van der Waals surface area contributed by atoms with E-state index >= 15 is 0 Å². The molecule has 2 rings (SSSR count). The van der Waals surface area contributed by atoms with Gasteiger partial charge in [0.25, 0.3) is 0 Å². The summed E-state index contributed by atoms with van der Waals surface area (Å²) in [7, 11) is 0. The standard InChI is InChI=1S/C17H28N2O/c1-12(2)19-9-8-15(11-18)17(19)14-6-5-7-16(10-14)20-13(3)4/h5-7,10,12-13,15,17H,8-9,11,18H2,1-4H3. The molecule has 1 fully saturated rings. The van der Waals surface area contributed by atoms with Gasteiger partial charge in [0.15, 0.2) is 0 Å². The van der Waals surface area contributed by atoms with E-state index in [1.165, 1.54) is 12.0 Å². The van der Waals surface area contributed by atoms with E-state index in [1.54, 1.807) is 0 Å². The van der Waals surface area contributed by atoms with Crippen LogP contribution in [0.15, 0.2) is 24.3 Å². The van der Waals surface area contributed by atoms with Gasteiger partial charge in [-0.2, -0.15) is 0 Å². The Morgan fingerprint density at radius 2 is 2.05 bits per heavy atom. The van der Waals surface area contributed by atoms with Crippen LogP contribution in [0.4, 0.5) is 0 Å². The summed E-state index contributed by atoms with van der Waals surface area (Å²) in [6.45, 7) is 10.5. The first-order valence-electron chi connectivity index (χ1n) is 7.75. The molecule has 20 heavy (non-hydrogen) atoms. The molecule has 1 aromatic rings. The van der Waals surface area contributed by atoms with Crippen LogP contribution in [-0.2, 0) is 0 Å². The highest BCUT2D eigenvalue weighted by Gasteiger charge is 2.35. The van der Waals surface area contributed by atoms with E-state index in [-0.39, 0.29) is 6.10 Å². The van der Waals surface area contributed by atoms with E-state index in [0.717, 1.165) is 18.8 Å². The normalized spacial score (nSPS) is 23.8. The summed E-state index contributed by atoms with van der Waals surface area (Å²) in [5, 5.41) is 0. The molecule has 0 spiro atoms. The molecular weight excluding hydrogens is 248 g/mol. The Morgan fingerprint density at radius 3 is 2.65 bits per heavy atom. The number of rotatable bonds is 5. The van der Waals surface area contributed by atoms with Crippen LogP contribution in [0, 0.1) is 5.92 Å². The minimum atomic E-state index is 0.209. The minimum absolute atomic E-state index is 0.209. The van der Waals surface area contributed by atoms with Gasteiger partial charge in [-0.1, -0.05) is 12.1 Å².